The zero-order valence-electron chi connectivity index (χ0n) is 12.5. The summed E-state index contributed by atoms with van der Waals surface area (Å²) in [6, 6.07) is 12.8. The number of hydrazine groups is 1. The molecule has 5 nitrogen and oxygen atoms in total. The molecule has 0 radical (unpaired) electrons. The number of benzene rings is 2. The van der Waals surface area contributed by atoms with Gasteiger partial charge in [-0.3, -0.25) is 15.0 Å². The average molecular weight is 546 g/mol. The number of carbonyl (C=O) groups is 2. The zero-order valence-corrected chi connectivity index (χ0v) is 16.9. The number of anilines is 1. The minimum atomic E-state index is -0.431. The highest BCUT2D eigenvalue weighted by atomic mass is 127. The van der Waals surface area contributed by atoms with Crippen molar-refractivity contribution in [1.82, 2.24) is 5.43 Å². The van der Waals surface area contributed by atoms with Gasteiger partial charge in [0.05, 0.1) is 16.4 Å². The molecule has 2 amide bonds. The Morgan fingerprint density at radius 2 is 1.83 bits per heavy atom. The first-order chi connectivity index (χ1) is 11.5. The maximum atomic E-state index is 12.6. The molecule has 24 heavy (non-hydrogen) atoms. The first-order valence-corrected chi connectivity index (χ1v) is 9.12. The van der Waals surface area contributed by atoms with E-state index >= 15 is 0 Å². The van der Waals surface area contributed by atoms with E-state index in [1.807, 2.05) is 18.2 Å². The van der Waals surface area contributed by atoms with Crippen molar-refractivity contribution < 1.29 is 14.3 Å². The molecule has 7 heteroatoms. The lowest BCUT2D eigenvalue weighted by atomic mass is 10.1. The van der Waals surface area contributed by atoms with Crippen LogP contribution in [0.2, 0.25) is 0 Å². The molecule has 1 aliphatic rings. The van der Waals surface area contributed by atoms with Crippen LogP contribution in [0.1, 0.15) is 5.56 Å². The van der Waals surface area contributed by atoms with E-state index in [0.717, 1.165) is 7.14 Å². The zero-order chi connectivity index (χ0) is 17.3. The minimum absolute atomic E-state index is 0.0787. The van der Waals surface area contributed by atoms with E-state index < -0.39 is 5.91 Å². The summed E-state index contributed by atoms with van der Waals surface area (Å²) in [6.07, 6.45) is 1.57. The van der Waals surface area contributed by atoms with E-state index in [9.17, 15) is 9.59 Å². The molecule has 0 bridgehead atoms. The van der Waals surface area contributed by atoms with Crippen molar-refractivity contribution in [3.05, 3.63) is 60.7 Å². The molecule has 3 rings (SSSR count). The molecule has 2 aromatic rings. The monoisotopic (exact) mass is 546 g/mol. The highest BCUT2D eigenvalue weighted by Gasteiger charge is 2.34. The van der Waals surface area contributed by atoms with Crippen LogP contribution in [0.25, 0.3) is 6.08 Å². The molecule has 1 heterocycles. The Bertz CT molecular complexity index is 850. The number of ether oxygens (including phenoxy) is 1. The Kier molecular flexibility index (Phi) is 5.09. The number of hydrogen-bond donors (Lipinski definition) is 1. The van der Waals surface area contributed by atoms with Crippen molar-refractivity contribution in [3.63, 3.8) is 0 Å². The third-order valence-corrected chi connectivity index (χ3v) is 4.87. The summed E-state index contributed by atoms with van der Waals surface area (Å²) < 4.78 is 7.32. The smallest absolute Gasteiger partial charge is 0.282 e. The molecular formula is C17H12I2N2O3. The van der Waals surface area contributed by atoms with Gasteiger partial charge >= 0.3 is 0 Å². The quantitative estimate of drug-likeness (QED) is 0.365. The van der Waals surface area contributed by atoms with Crippen LogP contribution in [-0.4, -0.2) is 18.9 Å². The van der Waals surface area contributed by atoms with Crippen molar-refractivity contribution in [2.75, 3.05) is 12.1 Å². The molecular weight excluding hydrogens is 534 g/mol. The largest absolute Gasteiger partial charge is 0.495 e. The fraction of sp³-hybridized carbons (Fsp3) is 0.0588. The lowest BCUT2D eigenvalue weighted by molar-refractivity contribution is -0.117. The standard InChI is InChI=1S/C17H12I2N2O3/c1-24-15-10(7-11(18)9-14(15)19)8-13-16(22)20-21(17(13)23)12-5-3-2-4-6-12/h2-9H,1H3,(H,20,22). The maximum absolute atomic E-state index is 12.6. The molecule has 0 aromatic heterocycles. The van der Waals surface area contributed by atoms with Gasteiger partial charge in [-0.05, 0) is 75.5 Å². The Labute approximate surface area is 166 Å². The number of hydrogen-bond acceptors (Lipinski definition) is 3. The predicted octanol–water partition coefficient (Wildman–Crippen LogP) is 3.37. The maximum Gasteiger partial charge on any atom is 0.282 e. The van der Waals surface area contributed by atoms with Crippen LogP contribution in [0.3, 0.4) is 0 Å². The molecule has 122 valence electrons. The Morgan fingerprint density at radius 3 is 2.50 bits per heavy atom. The number of rotatable bonds is 3. The normalized spacial score (nSPS) is 15.8. The molecule has 1 fully saturated rings. The highest BCUT2D eigenvalue weighted by Crippen LogP contribution is 2.31. The number of nitrogens with zero attached hydrogens (tertiary/aromatic N) is 1. The van der Waals surface area contributed by atoms with Gasteiger partial charge in [0.1, 0.15) is 11.3 Å². The number of carbonyl (C=O) groups excluding carboxylic acids is 2. The van der Waals surface area contributed by atoms with Gasteiger partial charge in [-0.15, -0.1) is 0 Å². The van der Waals surface area contributed by atoms with Gasteiger partial charge in [-0.2, -0.15) is 0 Å². The summed E-state index contributed by atoms with van der Waals surface area (Å²) in [6.45, 7) is 0. The Morgan fingerprint density at radius 1 is 1.12 bits per heavy atom. The summed E-state index contributed by atoms with van der Waals surface area (Å²) >= 11 is 4.36. The van der Waals surface area contributed by atoms with E-state index in [1.54, 1.807) is 37.5 Å². The molecule has 1 N–H and O–H groups in total. The first-order valence-electron chi connectivity index (χ1n) is 6.96. The van der Waals surface area contributed by atoms with Gasteiger partial charge in [-0.1, -0.05) is 18.2 Å². The van der Waals surface area contributed by atoms with Crippen LogP contribution in [-0.2, 0) is 9.59 Å². The topological polar surface area (TPSA) is 58.6 Å². The van der Waals surface area contributed by atoms with Crippen LogP contribution in [0.5, 0.6) is 5.75 Å². The Balaban J connectivity index is 2.03. The van der Waals surface area contributed by atoms with Gasteiger partial charge in [0, 0.05) is 9.13 Å². The first kappa shape index (κ1) is 17.2. The van der Waals surface area contributed by atoms with Gasteiger partial charge in [0.2, 0.25) is 0 Å². The number of amides is 2. The molecule has 0 unspecified atom stereocenters. The van der Waals surface area contributed by atoms with Gasteiger partial charge in [0.15, 0.2) is 0 Å². The SMILES string of the molecule is COc1c(I)cc(I)cc1C=C1C(=O)NN(c2ccccc2)C1=O. The van der Waals surface area contributed by atoms with Crippen LogP contribution in [0.15, 0.2) is 48.0 Å². The van der Waals surface area contributed by atoms with E-state index in [-0.39, 0.29) is 11.5 Å². The van der Waals surface area contributed by atoms with Crippen molar-refractivity contribution in [1.29, 1.82) is 0 Å². The number of nitrogens with one attached hydrogen (secondary N) is 1. The van der Waals surface area contributed by atoms with E-state index in [4.69, 9.17) is 4.74 Å². The third-order valence-electron chi connectivity index (χ3n) is 3.45. The van der Waals surface area contributed by atoms with Crippen molar-refractivity contribution in [2.24, 2.45) is 0 Å². The highest BCUT2D eigenvalue weighted by molar-refractivity contribution is 14.1. The second kappa shape index (κ2) is 7.09. The molecule has 1 saturated heterocycles. The number of para-hydroxylation sites is 1. The van der Waals surface area contributed by atoms with Gasteiger partial charge < -0.3 is 4.74 Å². The second-order valence-electron chi connectivity index (χ2n) is 4.99. The number of halogens is 2. The summed E-state index contributed by atoms with van der Waals surface area (Å²) in [7, 11) is 1.57. The van der Waals surface area contributed by atoms with E-state index in [2.05, 4.69) is 50.6 Å². The average Bonchev–Trinajstić information content (AvgIpc) is 2.83. The van der Waals surface area contributed by atoms with Crippen LogP contribution in [0, 0.1) is 7.14 Å². The summed E-state index contributed by atoms with van der Waals surface area (Å²) in [5.41, 5.74) is 3.98. The summed E-state index contributed by atoms with van der Waals surface area (Å²) in [5.74, 6) is -0.177. The lowest BCUT2D eigenvalue weighted by Crippen LogP contribution is -2.35. The second-order valence-corrected chi connectivity index (χ2v) is 7.39. The van der Waals surface area contributed by atoms with Crippen molar-refractivity contribution in [3.8, 4) is 5.75 Å². The van der Waals surface area contributed by atoms with E-state index in [1.165, 1.54) is 5.01 Å². The molecule has 1 aliphatic heterocycles. The fourth-order valence-electron chi connectivity index (χ4n) is 2.37. The van der Waals surface area contributed by atoms with Crippen LogP contribution < -0.4 is 15.2 Å². The minimum Gasteiger partial charge on any atom is -0.495 e. The Hall–Kier alpha value is -1.62. The number of methoxy groups -OCH3 is 1. The molecule has 0 atom stereocenters. The van der Waals surface area contributed by atoms with Crippen LogP contribution >= 0.6 is 45.2 Å². The fourth-order valence-corrected chi connectivity index (χ4v) is 4.48. The molecule has 0 spiro atoms. The molecule has 0 aliphatic carbocycles. The predicted molar refractivity (Wildman–Crippen MR) is 108 cm³/mol. The van der Waals surface area contributed by atoms with Gasteiger partial charge in [0.25, 0.3) is 11.8 Å². The van der Waals surface area contributed by atoms with Gasteiger partial charge in [-0.25, -0.2) is 5.01 Å². The third kappa shape index (κ3) is 3.27. The molecule has 2 aromatic carbocycles. The summed E-state index contributed by atoms with van der Waals surface area (Å²) in [4.78, 5) is 24.9. The lowest BCUT2D eigenvalue weighted by Gasteiger charge is -2.14. The van der Waals surface area contributed by atoms with Crippen LogP contribution in [0.4, 0.5) is 5.69 Å². The van der Waals surface area contributed by atoms with E-state index in [0.29, 0.717) is 17.0 Å². The van der Waals surface area contributed by atoms with Crippen molar-refractivity contribution in [2.45, 2.75) is 0 Å². The summed E-state index contributed by atoms with van der Waals surface area (Å²) in [5, 5.41) is 1.25. The van der Waals surface area contributed by atoms with Crippen molar-refractivity contribution >= 4 is 68.8 Å². The molecule has 0 saturated carbocycles.